The Bertz CT molecular complexity index is 129. The van der Waals surface area contributed by atoms with Gasteiger partial charge >= 0.3 is 71.0 Å². The van der Waals surface area contributed by atoms with Crippen molar-refractivity contribution in [3.8, 4) is 0 Å². The van der Waals surface area contributed by atoms with Crippen molar-refractivity contribution in [1.82, 2.24) is 0 Å². The third-order valence-corrected chi connectivity index (χ3v) is 0.436. The summed E-state index contributed by atoms with van der Waals surface area (Å²) in [6.07, 6.45) is -0.367. The quantitative estimate of drug-likeness (QED) is 0.302. The fraction of sp³-hybridized carbons (Fsp3) is 0.500. The first-order valence-electron chi connectivity index (χ1n) is 2.46. The van der Waals surface area contributed by atoms with Gasteiger partial charge < -0.3 is 9.47 Å². The Morgan fingerprint density at radius 3 is 2.17 bits per heavy atom. The fourth-order valence-electron chi connectivity index (χ4n) is 0.161. The molecule has 0 aromatic heterocycles. The van der Waals surface area contributed by atoms with Crippen LogP contribution >= 0.6 is 59.9 Å². The third kappa shape index (κ3) is 22.6. The van der Waals surface area contributed by atoms with Gasteiger partial charge in [0.1, 0.15) is 0 Å². The Hall–Kier alpha value is 1.71. The maximum absolute atomic E-state index is 9.97. The van der Waals surface area contributed by atoms with Crippen molar-refractivity contribution in [2.45, 2.75) is 0 Å². The van der Waals surface area contributed by atoms with E-state index in [0.29, 0.717) is 6.29 Å². The van der Waals surface area contributed by atoms with E-state index in [-0.39, 0.29) is 11.5 Å². The van der Waals surface area contributed by atoms with E-state index < -0.39 is 6.16 Å². The summed E-state index contributed by atoms with van der Waals surface area (Å²) in [6.45, 7) is -0.243. The van der Waals surface area contributed by atoms with E-state index in [1.807, 2.05) is 0 Å². The zero-order valence-corrected chi connectivity index (χ0v) is 13.9. The number of ether oxygens (including phenoxy) is 2. The molecule has 8 heteroatoms. The fourth-order valence-corrected chi connectivity index (χ4v) is 0.161. The molecular weight excluding hydrogens is 544 g/mol. The summed E-state index contributed by atoms with van der Waals surface area (Å²) in [5.41, 5.74) is 0. The second kappa shape index (κ2) is 12.7. The molecule has 72 valence electrons. The van der Waals surface area contributed by atoms with Crippen LogP contribution in [0.15, 0.2) is 0 Å². The summed E-state index contributed by atoms with van der Waals surface area (Å²) in [7, 11) is 1.17. The van der Waals surface area contributed by atoms with Gasteiger partial charge in [-0.25, -0.2) is 4.79 Å². The normalized spacial score (nSPS) is 8.08. The molecule has 0 aliphatic rings. The first kappa shape index (κ1) is 16.2. The number of carbonyl (C=O) groups is 2. The van der Waals surface area contributed by atoms with Gasteiger partial charge in [0.15, 0.2) is 12.9 Å². The van der Waals surface area contributed by atoms with Crippen LogP contribution in [0.5, 0.6) is 0 Å². The second-order valence-electron chi connectivity index (χ2n) is 1.12. The van der Waals surface area contributed by atoms with E-state index >= 15 is 0 Å². The van der Waals surface area contributed by atoms with E-state index in [9.17, 15) is 9.59 Å². The molecule has 0 aliphatic carbocycles. The van der Waals surface area contributed by atoms with Crippen LogP contribution in [0, 0.1) is 0 Å². The van der Waals surface area contributed by atoms with Gasteiger partial charge in [0.25, 0.3) is 0 Å². The zero-order chi connectivity index (χ0) is 9.98. The molecule has 0 radical (unpaired) electrons. The molecule has 0 aromatic rings. The van der Waals surface area contributed by atoms with Crippen molar-refractivity contribution in [3.63, 3.8) is 0 Å². The molecular formula is C4H6I3O4V. The van der Waals surface area contributed by atoms with Crippen molar-refractivity contribution in [3.05, 3.63) is 0 Å². The van der Waals surface area contributed by atoms with Crippen molar-refractivity contribution in [2.24, 2.45) is 0 Å². The summed E-state index contributed by atoms with van der Waals surface area (Å²) in [5, 5.41) is 0. The van der Waals surface area contributed by atoms with Gasteiger partial charge in [0, 0.05) is 0 Å². The van der Waals surface area contributed by atoms with E-state index in [0.717, 1.165) is 0 Å². The molecule has 0 heterocycles. The van der Waals surface area contributed by atoms with Gasteiger partial charge in [0.05, 0.1) is 7.11 Å². The summed E-state index contributed by atoms with van der Waals surface area (Å²) in [6, 6.07) is 0. The number of aldehydes is 1. The number of carbonyl (C=O) groups excluding carboxylic acids is 2. The first-order chi connectivity index (χ1) is 5.54. The summed E-state index contributed by atoms with van der Waals surface area (Å²) in [4.78, 5) is 19.2. The molecule has 0 bridgehead atoms. The van der Waals surface area contributed by atoms with Crippen LogP contribution in [0.2, 0.25) is 0 Å². The van der Waals surface area contributed by atoms with Crippen molar-refractivity contribution in [2.75, 3.05) is 13.7 Å². The van der Waals surface area contributed by atoms with Crippen molar-refractivity contribution >= 4 is 72.4 Å². The maximum atomic E-state index is 9.97. The van der Waals surface area contributed by atoms with Crippen LogP contribution in [-0.2, 0) is 19.2 Å². The summed E-state index contributed by atoms with van der Waals surface area (Å²) < 4.78 is 8.14. The predicted octanol–water partition coefficient (Wildman–Crippen LogP) is 2.62. The van der Waals surface area contributed by atoms with Crippen LogP contribution in [0.1, 0.15) is 0 Å². The Balaban J connectivity index is 0. The van der Waals surface area contributed by atoms with Gasteiger partial charge in [-0.15, -0.1) is 0 Å². The molecule has 0 rings (SSSR count). The zero-order valence-electron chi connectivity index (χ0n) is 6.00. The van der Waals surface area contributed by atoms with E-state index in [4.69, 9.17) is 0 Å². The summed E-state index contributed by atoms with van der Waals surface area (Å²) >= 11 is 7.39. The van der Waals surface area contributed by atoms with Crippen molar-refractivity contribution in [1.29, 1.82) is 0 Å². The molecule has 0 amide bonds. The monoisotopic (exact) mass is 550 g/mol. The Morgan fingerprint density at radius 2 is 1.92 bits per heavy atom. The van der Waals surface area contributed by atoms with Gasteiger partial charge in [-0.2, -0.15) is 0 Å². The van der Waals surface area contributed by atoms with Crippen LogP contribution < -0.4 is 0 Å². The molecule has 0 aliphatic heterocycles. The third-order valence-electron chi connectivity index (χ3n) is 0.436. The number of rotatable bonds is 2. The number of halogens is 3. The predicted molar refractivity (Wildman–Crippen MR) is 66.5 cm³/mol. The van der Waals surface area contributed by atoms with Crippen LogP contribution in [0.25, 0.3) is 0 Å². The molecule has 0 unspecified atom stereocenters. The van der Waals surface area contributed by atoms with Gasteiger partial charge in [-0.3, -0.25) is 4.79 Å². The van der Waals surface area contributed by atoms with E-state index in [2.05, 4.69) is 69.4 Å². The first-order valence-corrected chi connectivity index (χ1v) is 16.0. The van der Waals surface area contributed by atoms with Gasteiger partial charge in [0.2, 0.25) is 0 Å². The molecule has 0 N–H and O–H groups in total. The molecule has 0 spiro atoms. The molecule has 0 atom stereocenters. The molecule has 4 nitrogen and oxygen atoms in total. The topological polar surface area (TPSA) is 52.6 Å². The average molecular weight is 550 g/mol. The van der Waals surface area contributed by atoms with E-state index in [1.165, 1.54) is 7.11 Å². The van der Waals surface area contributed by atoms with E-state index in [1.54, 1.807) is 0 Å². The standard InChI is InChI=1S/C4H6O4.3HI.V/c1-7-4(6)8-3-2-5;;;;/h2H,3H2,1H3;3*1H;/q;;;;+3/p-3. The Morgan fingerprint density at radius 1 is 1.50 bits per heavy atom. The SMILES string of the molecule is COC(=O)OCC=O.[I][V]([I])[I]. The van der Waals surface area contributed by atoms with Crippen molar-refractivity contribution < 1.29 is 24.0 Å². The van der Waals surface area contributed by atoms with Gasteiger partial charge in [-0.1, -0.05) is 0 Å². The van der Waals surface area contributed by atoms with Crippen LogP contribution in [0.3, 0.4) is 0 Å². The Kier molecular flexibility index (Phi) is 17.1. The number of hydrogen-bond acceptors (Lipinski definition) is 4. The summed E-state index contributed by atoms with van der Waals surface area (Å²) in [5.74, 6) is 0. The number of methoxy groups -OCH3 is 1. The molecule has 0 aromatic carbocycles. The molecule has 0 saturated carbocycles. The van der Waals surface area contributed by atoms with Crippen LogP contribution in [0.4, 0.5) is 4.79 Å². The Labute approximate surface area is 108 Å². The average Bonchev–Trinajstić information content (AvgIpc) is 1.99. The van der Waals surface area contributed by atoms with Crippen LogP contribution in [-0.4, -0.2) is 26.2 Å². The molecule has 0 fully saturated rings. The number of hydrogen-bond donors (Lipinski definition) is 0. The van der Waals surface area contributed by atoms with Gasteiger partial charge in [-0.05, 0) is 0 Å². The minimum atomic E-state index is -0.836. The minimum absolute atomic E-state index is 0.243. The second-order valence-corrected chi connectivity index (χ2v) is 36.5. The molecule has 0 saturated heterocycles. The molecule has 12 heavy (non-hydrogen) atoms.